The summed E-state index contributed by atoms with van der Waals surface area (Å²) in [5, 5.41) is 2.35. The molecule has 0 spiro atoms. The van der Waals surface area contributed by atoms with Gasteiger partial charge < -0.3 is 5.32 Å². The third-order valence-corrected chi connectivity index (χ3v) is 6.13. The van der Waals surface area contributed by atoms with Crippen LogP contribution in [0.1, 0.15) is 29.6 Å². The molecule has 1 aliphatic rings. The second-order valence-electron chi connectivity index (χ2n) is 6.04. The van der Waals surface area contributed by atoms with Gasteiger partial charge in [-0.15, -0.1) is 0 Å². The summed E-state index contributed by atoms with van der Waals surface area (Å²) in [6, 6.07) is 8.79. The molecule has 1 aliphatic heterocycles. The number of amides is 1. The van der Waals surface area contributed by atoms with Crippen LogP contribution in [0.15, 0.2) is 47.4 Å². The summed E-state index contributed by atoms with van der Waals surface area (Å²) in [6.07, 6.45) is 2.61. The Kier molecular flexibility index (Phi) is 5.33. The quantitative estimate of drug-likeness (QED) is 0.884. The average molecular weight is 380 g/mol. The van der Waals surface area contributed by atoms with Gasteiger partial charge in [-0.3, -0.25) is 4.79 Å². The molecule has 2 aromatic rings. The molecular formula is C18H18F2N2O3S. The highest BCUT2D eigenvalue weighted by Gasteiger charge is 2.26. The third kappa shape index (κ3) is 3.76. The second-order valence-corrected chi connectivity index (χ2v) is 7.98. The number of rotatable bonds is 4. The molecule has 0 bridgehead atoms. The maximum atomic E-state index is 13.7. The topological polar surface area (TPSA) is 66.5 Å². The SMILES string of the molecule is O=C(Nc1cccc(S(=O)(=O)N2CCCCC2)c1)c1c(F)cccc1F. The molecule has 5 nitrogen and oxygen atoms in total. The van der Waals surface area contributed by atoms with E-state index in [1.807, 2.05) is 0 Å². The number of sulfonamides is 1. The van der Waals surface area contributed by atoms with Gasteiger partial charge in [-0.25, -0.2) is 17.2 Å². The summed E-state index contributed by atoms with van der Waals surface area (Å²) in [5.41, 5.74) is -0.562. The number of hydrogen-bond donors (Lipinski definition) is 1. The number of hydrogen-bond acceptors (Lipinski definition) is 3. The third-order valence-electron chi connectivity index (χ3n) is 4.23. The lowest BCUT2D eigenvalue weighted by atomic mass is 10.2. The number of carbonyl (C=O) groups excluding carboxylic acids is 1. The highest BCUT2D eigenvalue weighted by atomic mass is 32.2. The molecule has 1 heterocycles. The van der Waals surface area contributed by atoms with E-state index < -0.39 is 33.1 Å². The zero-order chi connectivity index (χ0) is 18.7. The molecule has 0 aromatic heterocycles. The Bertz CT molecular complexity index is 906. The Balaban J connectivity index is 1.84. The van der Waals surface area contributed by atoms with Gasteiger partial charge in [0, 0.05) is 18.8 Å². The highest BCUT2D eigenvalue weighted by molar-refractivity contribution is 7.89. The molecule has 0 radical (unpaired) electrons. The minimum absolute atomic E-state index is 0.0335. The van der Waals surface area contributed by atoms with Gasteiger partial charge in [-0.1, -0.05) is 18.6 Å². The number of nitrogens with zero attached hydrogens (tertiary/aromatic N) is 1. The molecule has 0 unspecified atom stereocenters. The van der Waals surface area contributed by atoms with Gasteiger partial charge >= 0.3 is 0 Å². The van der Waals surface area contributed by atoms with Crippen molar-refractivity contribution in [2.75, 3.05) is 18.4 Å². The van der Waals surface area contributed by atoms with Gasteiger partial charge in [0.1, 0.15) is 17.2 Å². The fraction of sp³-hybridized carbons (Fsp3) is 0.278. The molecule has 3 rings (SSSR count). The first-order chi connectivity index (χ1) is 12.4. The van der Waals surface area contributed by atoms with Crippen LogP contribution >= 0.6 is 0 Å². The van der Waals surface area contributed by atoms with Gasteiger partial charge in [0.2, 0.25) is 10.0 Å². The van der Waals surface area contributed by atoms with Gasteiger partial charge in [0.15, 0.2) is 0 Å². The van der Waals surface area contributed by atoms with E-state index in [0.29, 0.717) is 13.1 Å². The van der Waals surface area contributed by atoms with Crippen LogP contribution in [0.5, 0.6) is 0 Å². The van der Waals surface area contributed by atoms with Gasteiger partial charge in [0.25, 0.3) is 5.91 Å². The molecule has 138 valence electrons. The van der Waals surface area contributed by atoms with Gasteiger partial charge in [-0.05, 0) is 43.2 Å². The first kappa shape index (κ1) is 18.5. The summed E-state index contributed by atoms with van der Waals surface area (Å²) in [5.74, 6) is -2.95. The highest BCUT2D eigenvalue weighted by Crippen LogP contribution is 2.23. The summed E-state index contributed by atoms with van der Waals surface area (Å²) in [6.45, 7) is 0.915. The van der Waals surface area contributed by atoms with Crippen molar-refractivity contribution in [1.82, 2.24) is 4.31 Å². The van der Waals surface area contributed by atoms with Gasteiger partial charge in [0.05, 0.1) is 4.90 Å². The first-order valence-electron chi connectivity index (χ1n) is 8.25. The number of anilines is 1. The van der Waals surface area contributed by atoms with E-state index in [2.05, 4.69) is 5.32 Å². The Morgan fingerprint density at radius 3 is 2.23 bits per heavy atom. The van der Waals surface area contributed by atoms with Crippen LogP contribution < -0.4 is 5.32 Å². The maximum absolute atomic E-state index is 13.7. The smallest absolute Gasteiger partial charge is 0.261 e. The van der Waals surface area contributed by atoms with E-state index in [1.165, 1.54) is 28.6 Å². The summed E-state index contributed by atoms with van der Waals surface area (Å²) in [4.78, 5) is 12.2. The molecule has 0 aliphatic carbocycles. The molecule has 1 N–H and O–H groups in total. The minimum Gasteiger partial charge on any atom is -0.322 e. The Labute approximate surface area is 150 Å². The standard InChI is InChI=1S/C18H18F2N2O3S/c19-15-8-5-9-16(20)17(15)18(23)21-13-6-4-7-14(12-13)26(24,25)22-10-2-1-3-11-22/h4-9,12H,1-3,10-11H2,(H,21,23). The van der Waals surface area contributed by atoms with E-state index in [4.69, 9.17) is 0 Å². The van der Waals surface area contributed by atoms with E-state index in [9.17, 15) is 22.0 Å². The Hall–Kier alpha value is -2.32. The number of carbonyl (C=O) groups is 1. The van der Waals surface area contributed by atoms with Crippen molar-refractivity contribution in [3.05, 3.63) is 59.7 Å². The second kappa shape index (κ2) is 7.51. The monoisotopic (exact) mass is 380 g/mol. The van der Waals surface area contributed by atoms with Gasteiger partial charge in [-0.2, -0.15) is 4.31 Å². The fourth-order valence-corrected chi connectivity index (χ4v) is 4.46. The lowest BCUT2D eigenvalue weighted by molar-refractivity contribution is 0.101. The van der Waals surface area contributed by atoms with E-state index in [1.54, 1.807) is 0 Å². The van der Waals surface area contributed by atoms with Crippen molar-refractivity contribution >= 4 is 21.6 Å². The zero-order valence-corrected chi connectivity index (χ0v) is 14.7. The predicted octanol–water partition coefficient (Wildman–Crippen LogP) is 3.39. The normalized spacial score (nSPS) is 15.6. The van der Waals surface area contributed by atoms with E-state index >= 15 is 0 Å². The minimum atomic E-state index is -3.67. The Morgan fingerprint density at radius 1 is 0.962 bits per heavy atom. The summed E-state index contributed by atoms with van der Waals surface area (Å²) >= 11 is 0. The maximum Gasteiger partial charge on any atom is 0.261 e. The molecule has 26 heavy (non-hydrogen) atoms. The molecule has 1 fully saturated rings. The van der Waals surface area contributed by atoms with Crippen LogP contribution in [0.4, 0.5) is 14.5 Å². The molecule has 1 saturated heterocycles. The van der Waals surface area contributed by atoms with Crippen molar-refractivity contribution in [2.45, 2.75) is 24.2 Å². The zero-order valence-electron chi connectivity index (χ0n) is 13.9. The van der Waals surface area contributed by atoms with E-state index in [-0.39, 0.29) is 10.6 Å². The summed E-state index contributed by atoms with van der Waals surface area (Å²) in [7, 11) is -3.67. The lowest BCUT2D eigenvalue weighted by Crippen LogP contribution is -2.35. The van der Waals surface area contributed by atoms with Crippen molar-refractivity contribution in [1.29, 1.82) is 0 Å². The number of piperidine rings is 1. The lowest BCUT2D eigenvalue weighted by Gasteiger charge is -2.26. The van der Waals surface area contributed by atoms with E-state index in [0.717, 1.165) is 37.5 Å². The van der Waals surface area contributed by atoms with Crippen molar-refractivity contribution in [3.63, 3.8) is 0 Å². The fourth-order valence-electron chi connectivity index (χ4n) is 2.90. The number of halogens is 2. The molecule has 2 aromatic carbocycles. The Morgan fingerprint density at radius 2 is 1.58 bits per heavy atom. The number of benzene rings is 2. The molecule has 1 amide bonds. The molecular weight excluding hydrogens is 362 g/mol. The van der Waals surface area contributed by atoms with Crippen molar-refractivity contribution in [2.24, 2.45) is 0 Å². The molecule has 0 atom stereocenters. The summed E-state index contributed by atoms with van der Waals surface area (Å²) < 4.78 is 54.2. The van der Waals surface area contributed by atoms with Crippen LogP contribution in [0.25, 0.3) is 0 Å². The predicted molar refractivity (Wildman–Crippen MR) is 93.4 cm³/mol. The largest absolute Gasteiger partial charge is 0.322 e. The van der Waals surface area contributed by atoms with Crippen LogP contribution in [-0.2, 0) is 10.0 Å². The van der Waals surface area contributed by atoms with Crippen molar-refractivity contribution in [3.8, 4) is 0 Å². The first-order valence-corrected chi connectivity index (χ1v) is 9.69. The average Bonchev–Trinajstić information content (AvgIpc) is 2.62. The van der Waals surface area contributed by atoms with Crippen LogP contribution in [0.3, 0.4) is 0 Å². The number of nitrogens with one attached hydrogen (secondary N) is 1. The molecule has 8 heteroatoms. The van der Waals surface area contributed by atoms with Crippen LogP contribution in [0.2, 0.25) is 0 Å². The van der Waals surface area contributed by atoms with Crippen LogP contribution in [0, 0.1) is 11.6 Å². The molecule has 0 saturated carbocycles. The van der Waals surface area contributed by atoms with Crippen LogP contribution in [-0.4, -0.2) is 31.7 Å². The van der Waals surface area contributed by atoms with Crippen molar-refractivity contribution < 1.29 is 22.0 Å².